The first-order valence-electron chi connectivity index (χ1n) is 5.05. The van der Waals surface area contributed by atoms with Crippen molar-refractivity contribution in [3.8, 4) is 0 Å². The first kappa shape index (κ1) is 14.8. The first-order chi connectivity index (χ1) is 8.45. The van der Waals surface area contributed by atoms with Crippen molar-refractivity contribution in [3.05, 3.63) is 29.8 Å². The lowest BCUT2D eigenvalue weighted by molar-refractivity contribution is -0.120. The van der Waals surface area contributed by atoms with E-state index in [2.05, 4.69) is 5.32 Å². The van der Waals surface area contributed by atoms with Crippen LogP contribution in [-0.2, 0) is 4.79 Å². The highest BCUT2D eigenvalue weighted by Gasteiger charge is 2.23. The molecule has 0 unspecified atom stereocenters. The zero-order valence-electron chi connectivity index (χ0n) is 9.27. The van der Waals surface area contributed by atoms with Crippen molar-refractivity contribution < 1.29 is 14.7 Å². The van der Waals surface area contributed by atoms with Crippen LogP contribution in [0.15, 0.2) is 24.3 Å². The summed E-state index contributed by atoms with van der Waals surface area (Å²) < 4.78 is 0. The van der Waals surface area contributed by atoms with Gasteiger partial charge in [0.25, 0.3) is 5.91 Å². The predicted molar refractivity (Wildman–Crippen MR) is 69.7 cm³/mol. The third-order valence-corrected chi connectivity index (χ3v) is 2.61. The van der Waals surface area contributed by atoms with Gasteiger partial charge < -0.3 is 16.2 Å². The van der Waals surface area contributed by atoms with Crippen LogP contribution in [0.4, 0.5) is 5.69 Å². The van der Waals surface area contributed by atoms with Crippen LogP contribution in [0.2, 0.25) is 0 Å². The Kier molecular flexibility index (Phi) is 5.40. The Labute approximate surface area is 114 Å². The fourth-order valence-electron chi connectivity index (χ4n) is 1.28. The zero-order chi connectivity index (χ0) is 13.7. The summed E-state index contributed by atoms with van der Waals surface area (Å²) in [5.41, 5.74) is 6.33. The molecule has 0 saturated heterocycles. The number of aliphatic hydroxyl groups excluding tert-OH is 1. The topological polar surface area (TPSA) is 92.4 Å². The van der Waals surface area contributed by atoms with Crippen molar-refractivity contribution in [2.75, 3.05) is 12.3 Å². The van der Waals surface area contributed by atoms with Crippen LogP contribution < -0.4 is 11.1 Å². The second-order valence-electron chi connectivity index (χ2n) is 3.53. The third-order valence-electron chi connectivity index (χ3n) is 2.21. The van der Waals surface area contributed by atoms with Crippen molar-refractivity contribution in [1.82, 2.24) is 5.32 Å². The summed E-state index contributed by atoms with van der Waals surface area (Å²) in [6.07, 6.45) is 0. The number of rotatable bonds is 5. The molecule has 98 valence electrons. The number of alkyl halides is 2. The normalized spacial score (nSPS) is 12.2. The maximum absolute atomic E-state index is 11.9. The molecule has 0 radical (unpaired) electrons. The molecule has 0 aliphatic heterocycles. The lowest BCUT2D eigenvalue weighted by Crippen LogP contribution is -2.45. The van der Waals surface area contributed by atoms with E-state index < -0.39 is 29.2 Å². The Hall–Kier alpha value is -1.30. The molecule has 0 spiro atoms. The Morgan fingerprint density at radius 3 is 2.28 bits per heavy atom. The Bertz CT molecular complexity index is 434. The molecule has 18 heavy (non-hydrogen) atoms. The van der Waals surface area contributed by atoms with Crippen LogP contribution in [0, 0.1) is 0 Å². The smallest absolute Gasteiger partial charge is 0.253 e. The number of hydrogen-bond donors (Lipinski definition) is 3. The number of benzene rings is 1. The molecule has 1 atom stereocenters. The number of nitrogens with one attached hydrogen (secondary N) is 1. The summed E-state index contributed by atoms with van der Waals surface area (Å²) in [5.74, 6) is -1.18. The number of carbonyl (C=O) groups is 2. The standard InChI is InChI=1S/C11H12Cl2N2O3/c12-10(13)11(18)15-8(5-16)9(17)6-1-3-7(14)4-2-6/h1-4,8,10,16H,5,14H2,(H,15,18)/t8-/m1/s1. The second kappa shape index (κ2) is 6.58. The van der Waals surface area contributed by atoms with Crippen LogP contribution in [0.5, 0.6) is 0 Å². The molecule has 1 amide bonds. The van der Waals surface area contributed by atoms with Crippen LogP contribution >= 0.6 is 23.2 Å². The minimum absolute atomic E-state index is 0.323. The molecule has 0 fully saturated rings. The van der Waals surface area contributed by atoms with Crippen LogP contribution in [0.1, 0.15) is 10.4 Å². The number of nitrogens with two attached hydrogens (primary N) is 1. The summed E-state index contributed by atoms with van der Waals surface area (Å²) in [4.78, 5) is 21.9. The quantitative estimate of drug-likeness (QED) is 0.423. The average Bonchev–Trinajstić information content (AvgIpc) is 2.35. The van der Waals surface area contributed by atoms with E-state index >= 15 is 0 Å². The lowest BCUT2D eigenvalue weighted by Gasteiger charge is -2.15. The molecule has 0 aliphatic rings. The largest absolute Gasteiger partial charge is 0.399 e. The molecular formula is C11H12Cl2N2O3. The summed E-state index contributed by atoms with van der Waals surface area (Å²) in [7, 11) is 0. The minimum atomic E-state index is -1.29. The molecule has 0 aromatic heterocycles. The monoisotopic (exact) mass is 290 g/mol. The molecule has 0 heterocycles. The Balaban J connectivity index is 2.79. The van der Waals surface area contributed by atoms with Crippen molar-refractivity contribution in [2.24, 2.45) is 0 Å². The Morgan fingerprint density at radius 2 is 1.83 bits per heavy atom. The van der Waals surface area contributed by atoms with E-state index in [0.29, 0.717) is 11.3 Å². The highest BCUT2D eigenvalue weighted by molar-refractivity contribution is 6.53. The predicted octanol–water partition coefficient (Wildman–Crippen LogP) is 0.732. The van der Waals surface area contributed by atoms with Gasteiger partial charge >= 0.3 is 0 Å². The third kappa shape index (κ3) is 3.87. The van der Waals surface area contributed by atoms with Crippen molar-refractivity contribution in [2.45, 2.75) is 10.9 Å². The Morgan fingerprint density at radius 1 is 1.28 bits per heavy atom. The molecule has 5 nitrogen and oxygen atoms in total. The molecule has 7 heteroatoms. The van der Waals surface area contributed by atoms with E-state index in [1.807, 2.05) is 0 Å². The first-order valence-corrected chi connectivity index (χ1v) is 5.92. The number of Topliss-reactive ketones (excluding diaryl/α,β-unsaturated/α-hetero) is 1. The van der Waals surface area contributed by atoms with Gasteiger partial charge in [-0.25, -0.2) is 0 Å². The number of amides is 1. The van der Waals surface area contributed by atoms with E-state index in [-0.39, 0.29) is 0 Å². The summed E-state index contributed by atoms with van der Waals surface area (Å²) in [6.45, 7) is -0.546. The average molecular weight is 291 g/mol. The lowest BCUT2D eigenvalue weighted by atomic mass is 10.0. The van der Waals surface area contributed by atoms with Crippen molar-refractivity contribution >= 4 is 40.6 Å². The highest BCUT2D eigenvalue weighted by atomic mass is 35.5. The van der Waals surface area contributed by atoms with E-state index in [1.54, 1.807) is 12.1 Å². The van der Waals surface area contributed by atoms with E-state index in [9.17, 15) is 9.59 Å². The molecule has 0 aliphatic carbocycles. The maximum atomic E-state index is 11.9. The molecular weight excluding hydrogens is 279 g/mol. The molecule has 1 aromatic carbocycles. The number of halogens is 2. The fraction of sp³-hybridized carbons (Fsp3) is 0.273. The van der Waals surface area contributed by atoms with Crippen LogP contribution in [0.3, 0.4) is 0 Å². The van der Waals surface area contributed by atoms with Gasteiger partial charge in [0.1, 0.15) is 6.04 Å². The number of hydrogen-bond acceptors (Lipinski definition) is 4. The number of anilines is 1. The summed E-state index contributed by atoms with van der Waals surface area (Å²) in [5, 5.41) is 11.3. The molecule has 0 saturated carbocycles. The molecule has 4 N–H and O–H groups in total. The van der Waals surface area contributed by atoms with Gasteiger partial charge in [0.05, 0.1) is 6.61 Å². The fourth-order valence-corrected chi connectivity index (χ4v) is 1.40. The van der Waals surface area contributed by atoms with Gasteiger partial charge in [0.2, 0.25) is 0 Å². The maximum Gasteiger partial charge on any atom is 0.253 e. The molecule has 1 aromatic rings. The highest BCUT2D eigenvalue weighted by Crippen LogP contribution is 2.09. The minimum Gasteiger partial charge on any atom is -0.399 e. The SMILES string of the molecule is Nc1ccc(C(=O)[C@@H](CO)NC(=O)C(Cl)Cl)cc1. The van der Waals surface area contributed by atoms with Crippen molar-refractivity contribution in [3.63, 3.8) is 0 Å². The van der Waals surface area contributed by atoms with Gasteiger partial charge in [0.15, 0.2) is 10.6 Å². The van der Waals surface area contributed by atoms with Gasteiger partial charge in [-0.1, -0.05) is 23.2 Å². The molecule has 1 rings (SSSR count). The van der Waals surface area contributed by atoms with E-state index in [1.165, 1.54) is 12.1 Å². The van der Waals surface area contributed by atoms with Gasteiger partial charge in [-0.15, -0.1) is 0 Å². The van der Waals surface area contributed by atoms with E-state index in [0.717, 1.165) is 0 Å². The number of nitrogen functional groups attached to an aromatic ring is 1. The number of carbonyl (C=O) groups excluding carboxylic acids is 2. The van der Waals surface area contributed by atoms with Gasteiger partial charge in [-0.05, 0) is 24.3 Å². The summed E-state index contributed by atoms with van der Waals surface area (Å²) >= 11 is 10.7. The molecule has 0 bridgehead atoms. The van der Waals surface area contributed by atoms with Crippen molar-refractivity contribution in [1.29, 1.82) is 0 Å². The van der Waals surface area contributed by atoms with E-state index in [4.69, 9.17) is 34.0 Å². The number of ketones is 1. The van der Waals surface area contributed by atoms with Gasteiger partial charge in [0, 0.05) is 11.3 Å². The van der Waals surface area contributed by atoms with Gasteiger partial charge in [-0.3, -0.25) is 9.59 Å². The zero-order valence-corrected chi connectivity index (χ0v) is 10.8. The second-order valence-corrected chi connectivity index (χ2v) is 4.63. The summed E-state index contributed by atoms with van der Waals surface area (Å²) in [6, 6.07) is 5.03. The van der Waals surface area contributed by atoms with Crippen LogP contribution in [0.25, 0.3) is 0 Å². The number of aliphatic hydroxyl groups is 1. The van der Waals surface area contributed by atoms with Gasteiger partial charge in [-0.2, -0.15) is 0 Å². The van der Waals surface area contributed by atoms with Crippen LogP contribution in [-0.4, -0.2) is 34.3 Å².